The van der Waals surface area contributed by atoms with Gasteiger partial charge in [-0.05, 0) is 30.9 Å². The first-order valence-electron chi connectivity index (χ1n) is 6.24. The van der Waals surface area contributed by atoms with E-state index in [0.29, 0.717) is 0 Å². The van der Waals surface area contributed by atoms with Gasteiger partial charge < -0.3 is 15.8 Å². The van der Waals surface area contributed by atoms with Crippen LogP contribution < -0.4 is 11.1 Å². The lowest BCUT2D eigenvalue weighted by molar-refractivity contribution is -0.141. The standard InChI is InChI=1S/C14H20N2O3S.ClH/c1-9(15)14(18)16-12(8-13(17)19-2)10-4-6-11(20-3)7-5-10;/h4-7,9,12H,8,15H2,1-3H3,(H,16,18);1H/t9-,12?;/m1./s1. The number of ether oxygens (including phenoxy) is 1. The molecule has 0 radical (unpaired) electrons. The lowest BCUT2D eigenvalue weighted by atomic mass is 10.0. The fourth-order valence-corrected chi connectivity index (χ4v) is 2.05. The lowest BCUT2D eigenvalue weighted by Gasteiger charge is -2.19. The summed E-state index contributed by atoms with van der Waals surface area (Å²) in [4.78, 5) is 24.3. The van der Waals surface area contributed by atoms with E-state index in [1.54, 1.807) is 18.7 Å². The second kappa shape index (κ2) is 9.65. The molecule has 0 heterocycles. The Hall–Kier alpha value is -1.24. The van der Waals surface area contributed by atoms with Crippen molar-refractivity contribution in [1.29, 1.82) is 0 Å². The van der Waals surface area contributed by atoms with Crippen LogP contribution in [0.15, 0.2) is 29.2 Å². The molecule has 0 saturated carbocycles. The van der Waals surface area contributed by atoms with Crippen LogP contribution in [0.25, 0.3) is 0 Å². The van der Waals surface area contributed by atoms with E-state index in [9.17, 15) is 9.59 Å². The highest BCUT2D eigenvalue weighted by Gasteiger charge is 2.20. The van der Waals surface area contributed by atoms with Gasteiger partial charge in [-0.3, -0.25) is 9.59 Å². The summed E-state index contributed by atoms with van der Waals surface area (Å²) in [6, 6.07) is 6.62. The molecule has 0 aliphatic rings. The topological polar surface area (TPSA) is 81.4 Å². The van der Waals surface area contributed by atoms with E-state index in [4.69, 9.17) is 5.73 Å². The summed E-state index contributed by atoms with van der Waals surface area (Å²) in [6.07, 6.45) is 2.06. The van der Waals surface area contributed by atoms with Crippen LogP contribution in [0.1, 0.15) is 24.9 Å². The van der Waals surface area contributed by atoms with Gasteiger partial charge in [0.05, 0.1) is 25.6 Å². The second-order valence-corrected chi connectivity index (χ2v) is 5.28. The Kier molecular flexibility index (Phi) is 9.08. The number of nitrogens with one attached hydrogen (secondary N) is 1. The van der Waals surface area contributed by atoms with Crippen LogP contribution in [0, 0.1) is 0 Å². The van der Waals surface area contributed by atoms with E-state index in [-0.39, 0.29) is 30.7 Å². The van der Waals surface area contributed by atoms with Crippen molar-refractivity contribution < 1.29 is 14.3 Å². The zero-order valence-corrected chi connectivity index (χ0v) is 13.9. The van der Waals surface area contributed by atoms with E-state index < -0.39 is 12.1 Å². The van der Waals surface area contributed by atoms with Crippen LogP contribution in [0.2, 0.25) is 0 Å². The van der Waals surface area contributed by atoms with Crippen molar-refractivity contribution in [2.45, 2.75) is 30.3 Å². The van der Waals surface area contributed by atoms with Crippen molar-refractivity contribution in [1.82, 2.24) is 5.32 Å². The van der Waals surface area contributed by atoms with Gasteiger partial charge in [-0.1, -0.05) is 12.1 Å². The number of nitrogens with two attached hydrogens (primary N) is 1. The van der Waals surface area contributed by atoms with Gasteiger partial charge in [0.1, 0.15) is 0 Å². The molecule has 3 N–H and O–H groups in total. The van der Waals surface area contributed by atoms with Crippen LogP contribution in [0.4, 0.5) is 0 Å². The Labute approximate surface area is 135 Å². The Morgan fingerprint density at radius 2 is 1.90 bits per heavy atom. The van der Waals surface area contributed by atoms with Gasteiger partial charge in [-0.15, -0.1) is 24.2 Å². The van der Waals surface area contributed by atoms with E-state index in [2.05, 4.69) is 10.1 Å². The molecular formula is C14H21ClN2O3S. The zero-order chi connectivity index (χ0) is 15.1. The summed E-state index contributed by atoms with van der Waals surface area (Å²) in [6.45, 7) is 1.60. The van der Waals surface area contributed by atoms with Crippen LogP contribution >= 0.6 is 24.2 Å². The first-order chi connectivity index (χ1) is 9.47. The van der Waals surface area contributed by atoms with E-state index >= 15 is 0 Å². The van der Waals surface area contributed by atoms with Gasteiger partial charge in [0.25, 0.3) is 0 Å². The number of amides is 1. The Balaban J connectivity index is 0.00000400. The lowest BCUT2D eigenvalue weighted by Crippen LogP contribution is -2.41. The average molecular weight is 333 g/mol. The summed E-state index contributed by atoms with van der Waals surface area (Å²) >= 11 is 1.63. The molecule has 1 aromatic carbocycles. The van der Waals surface area contributed by atoms with Crippen molar-refractivity contribution in [3.8, 4) is 0 Å². The third-order valence-corrected chi connectivity index (χ3v) is 3.59. The molecule has 118 valence electrons. The fraction of sp³-hybridized carbons (Fsp3) is 0.429. The molecule has 1 unspecified atom stereocenters. The molecular weight excluding hydrogens is 312 g/mol. The molecule has 7 heteroatoms. The number of hydrogen-bond donors (Lipinski definition) is 2. The third kappa shape index (κ3) is 6.37. The number of benzene rings is 1. The smallest absolute Gasteiger partial charge is 0.307 e. The number of carbonyl (C=O) groups excluding carboxylic acids is 2. The molecule has 21 heavy (non-hydrogen) atoms. The van der Waals surface area contributed by atoms with E-state index in [1.807, 2.05) is 30.5 Å². The molecule has 0 aliphatic carbocycles. The molecule has 1 aromatic rings. The monoisotopic (exact) mass is 332 g/mol. The van der Waals surface area contributed by atoms with Gasteiger partial charge in [0.2, 0.25) is 5.91 Å². The quantitative estimate of drug-likeness (QED) is 0.614. The molecule has 0 aliphatic heterocycles. The number of carbonyl (C=O) groups is 2. The highest BCUT2D eigenvalue weighted by Crippen LogP contribution is 2.21. The minimum absolute atomic E-state index is 0. The summed E-state index contributed by atoms with van der Waals surface area (Å²) in [7, 11) is 1.32. The van der Waals surface area contributed by atoms with Crippen LogP contribution in [0.3, 0.4) is 0 Å². The third-order valence-electron chi connectivity index (χ3n) is 2.85. The van der Waals surface area contributed by atoms with Gasteiger partial charge in [-0.2, -0.15) is 0 Å². The Morgan fingerprint density at radius 1 is 1.33 bits per heavy atom. The molecule has 0 bridgehead atoms. The molecule has 0 aromatic heterocycles. The SMILES string of the molecule is COC(=O)CC(NC(=O)[C@@H](C)N)c1ccc(SC)cc1.Cl. The van der Waals surface area contributed by atoms with Crippen molar-refractivity contribution in [2.75, 3.05) is 13.4 Å². The Bertz CT molecular complexity index is 466. The number of rotatable bonds is 6. The summed E-state index contributed by atoms with van der Waals surface area (Å²) in [5.74, 6) is -0.679. The maximum Gasteiger partial charge on any atom is 0.307 e. The molecule has 0 saturated heterocycles. The van der Waals surface area contributed by atoms with Gasteiger partial charge in [-0.25, -0.2) is 0 Å². The second-order valence-electron chi connectivity index (χ2n) is 4.40. The van der Waals surface area contributed by atoms with Crippen LogP contribution in [-0.2, 0) is 14.3 Å². The number of thioether (sulfide) groups is 1. The van der Waals surface area contributed by atoms with Crippen LogP contribution in [0.5, 0.6) is 0 Å². The summed E-state index contributed by atoms with van der Waals surface area (Å²) < 4.78 is 4.66. The normalized spacial score (nSPS) is 12.8. The molecule has 5 nitrogen and oxygen atoms in total. The number of hydrogen-bond acceptors (Lipinski definition) is 5. The van der Waals surface area contributed by atoms with Crippen molar-refractivity contribution in [3.05, 3.63) is 29.8 Å². The minimum Gasteiger partial charge on any atom is -0.469 e. The van der Waals surface area contributed by atoms with Crippen molar-refractivity contribution in [2.24, 2.45) is 5.73 Å². The molecule has 1 rings (SSSR count). The summed E-state index contributed by atoms with van der Waals surface area (Å²) in [5.41, 5.74) is 6.39. The van der Waals surface area contributed by atoms with Crippen molar-refractivity contribution in [3.63, 3.8) is 0 Å². The number of methoxy groups -OCH3 is 1. The predicted molar refractivity (Wildman–Crippen MR) is 86.6 cm³/mol. The summed E-state index contributed by atoms with van der Waals surface area (Å²) in [5, 5.41) is 2.76. The largest absolute Gasteiger partial charge is 0.469 e. The highest BCUT2D eigenvalue weighted by atomic mass is 35.5. The molecule has 2 atom stereocenters. The minimum atomic E-state index is -0.624. The predicted octanol–water partition coefficient (Wildman–Crippen LogP) is 1.90. The number of esters is 1. The van der Waals surface area contributed by atoms with Crippen LogP contribution in [-0.4, -0.2) is 31.3 Å². The molecule has 0 fully saturated rings. The fourth-order valence-electron chi connectivity index (χ4n) is 1.64. The van der Waals surface area contributed by atoms with Crippen molar-refractivity contribution >= 4 is 36.0 Å². The van der Waals surface area contributed by atoms with E-state index in [1.165, 1.54) is 7.11 Å². The first kappa shape index (κ1) is 19.8. The van der Waals surface area contributed by atoms with Gasteiger partial charge in [0.15, 0.2) is 0 Å². The number of halogens is 1. The Morgan fingerprint density at radius 3 is 2.33 bits per heavy atom. The van der Waals surface area contributed by atoms with E-state index in [0.717, 1.165) is 10.5 Å². The maximum atomic E-state index is 11.7. The first-order valence-corrected chi connectivity index (χ1v) is 7.47. The zero-order valence-electron chi connectivity index (χ0n) is 12.3. The van der Waals surface area contributed by atoms with Gasteiger partial charge >= 0.3 is 5.97 Å². The average Bonchev–Trinajstić information content (AvgIpc) is 2.46. The molecule has 0 spiro atoms. The highest BCUT2D eigenvalue weighted by molar-refractivity contribution is 7.98. The van der Waals surface area contributed by atoms with Gasteiger partial charge in [0, 0.05) is 4.90 Å². The molecule has 1 amide bonds. The maximum absolute atomic E-state index is 11.7.